The summed E-state index contributed by atoms with van der Waals surface area (Å²) in [5.74, 6) is 0.0867. The van der Waals surface area contributed by atoms with Gasteiger partial charge in [0.1, 0.15) is 6.04 Å². The van der Waals surface area contributed by atoms with Crippen molar-refractivity contribution in [3.05, 3.63) is 35.9 Å². The van der Waals surface area contributed by atoms with Crippen molar-refractivity contribution in [2.45, 2.75) is 19.0 Å². The molecule has 0 aromatic heterocycles. The van der Waals surface area contributed by atoms with E-state index >= 15 is 0 Å². The van der Waals surface area contributed by atoms with Crippen molar-refractivity contribution in [3.63, 3.8) is 0 Å². The first-order valence-corrected chi connectivity index (χ1v) is 6.62. The predicted molar refractivity (Wildman–Crippen MR) is 67.7 cm³/mol. The average molecular weight is 239 g/mol. The number of hydrogen-bond acceptors (Lipinski definition) is 3. The third kappa shape index (κ3) is 4.68. The van der Waals surface area contributed by atoms with Crippen LogP contribution in [-0.4, -0.2) is 29.1 Å². The zero-order valence-corrected chi connectivity index (χ0v) is 10.2. The summed E-state index contributed by atoms with van der Waals surface area (Å²) in [5.41, 5.74) is 1.11. The van der Waals surface area contributed by atoms with Crippen LogP contribution in [0.2, 0.25) is 0 Å². The summed E-state index contributed by atoms with van der Waals surface area (Å²) < 4.78 is 0. The average Bonchev–Trinajstić information content (AvgIpc) is 2.30. The van der Waals surface area contributed by atoms with Gasteiger partial charge in [0, 0.05) is 6.54 Å². The fourth-order valence-electron chi connectivity index (χ4n) is 1.39. The molecule has 1 aromatic rings. The fraction of sp³-hybridized carbons (Fsp3) is 0.417. The Balaban J connectivity index is 2.41. The number of carboxylic acids is 1. The highest BCUT2D eigenvalue weighted by molar-refractivity contribution is 7.98. The lowest BCUT2D eigenvalue weighted by atomic mass is 10.2. The highest BCUT2D eigenvalue weighted by Gasteiger charge is 2.15. The van der Waals surface area contributed by atoms with Gasteiger partial charge < -0.3 is 10.4 Å². The second-order valence-electron chi connectivity index (χ2n) is 3.54. The largest absolute Gasteiger partial charge is 0.480 e. The lowest BCUT2D eigenvalue weighted by molar-refractivity contribution is -0.139. The van der Waals surface area contributed by atoms with E-state index in [9.17, 15) is 4.79 Å². The molecule has 16 heavy (non-hydrogen) atoms. The molecule has 2 N–H and O–H groups in total. The quantitative estimate of drug-likeness (QED) is 0.764. The highest BCUT2D eigenvalue weighted by Crippen LogP contribution is 2.03. The van der Waals surface area contributed by atoms with Crippen molar-refractivity contribution in [2.24, 2.45) is 0 Å². The van der Waals surface area contributed by atoms with Crippen LogP contribution >= 0.6 is 11.8 Å². The number of thioether (sulfide) groups is 1. The van der Waals surface area contributed by atoms with Gasteiger partial charge in [-0.25, -0.2) is 0 Å². The van der Waals surface area contributed by atoms with E-state index in [-0.39, 0.29) is 0 Å². The minimum atomic E-state index is -0.773. The molecule has 0 amide bonds. The maximum Gasteiger partial charge on any atom is 0.320 e. The molecule has 0 heterocycles. The first kappa shape index (κ1) is 13.1. The Labute approximate surface area is 100 Å². The van der Waals surface area contributed by atoms with E-state index in [2.05, 4.69) is 5.32 Å². The van der Waals surface area contributed by atoms with Crippen LogP contribution in [0.4, 0.5) is 0 Å². The van der Waals surface area contributed by atoms with E-state index in [0.29, 0.717) is 13.0 Å². The molecule has 0 unspecified atom stereocenters. The van der Waals surface area contributed by atoms with Gasteiger partial charge in [-0.05, 0) is 24.0 Å². The number of hydrogen-bond donors (Lipinski definition) is 2. The van der Waals surface area contributed by atoms with Crippen LogP contribution in [0.3, 0.4) is 0 Å². The summed E-state index contributed by atoms with van der Waals surface area (Å²) in [6.45, 7) is 0.603. The first-order chi connectivity index (χ1) is 7.74. The van der Waals surface area contributed by atoms with Crippen LogP contribution in [0.15, 0.2) is 30.3 Å². The molecule has 1 atom stereocenters. The first-order valence-electron chi connectivity index (χ1n) is 5.23. The molecule has 0 saturated heterocycles. The Hall–Kier alpha value is -1.00. The van der Waals surface area contributed by atoms with E-state index < -0.39 is 12.0 Å². The molecule has 88 valence electrons. The molecule has 0 aliphatic carbocycles. The smallest absolute Gasteiger partial charge is 0.320 e. The van der Waals surface area contributed by atoms with Gasteiger partial charge in [0.05, 0.1) is 0 Å². The zero-order valence-electron chi connectivity index (χ0n) is 9.35. The highest BCUT2D eigenvalue weighted by atomic mass is 32.2. The van der Waals surface area contributed by atoms with Gasteiger partial charge in [0.25, 0.3) is 0 Å². The zero-order chi connectivity index (χ0) is 11.8. The molecular formula is C12H17NO2S. The van der Waals surface area contributed by atoms with Crippen LogP contribution in [0.1, 0.15) is 12.0 Å². The van der Waals surface area contributed by atoms with Crippen molar-refractivity contribution in [1.29, 1.82) is 0 Å². The Kier molecular flexibility index (Phi) is 5.96. The Morgan fingerprint density at radius 3 is 2.69 bits per heavy atom. The molecule has 4 heteroatoms. The van der Waals surface area contributed by atoms with Gasteiger partial charge in [0.15, 0.2) is 0 Å². The fourth-order valence-corrected chi connectivity index (χ4v) is 1.86. The van der Waals surface area contributed by atoms with E-state index in [4.69, 9.17) is 5.11 Å². The third-order valence-electron chi connectivity index (χ3n) is 2.30. The lowest BCUT2D eigenvalue weighted by Crippen LogP contribution is -2.36. The summed E-state index contributed by atoms with van der Waals surface area (Å²) in [6, 6.07) is 9.38. The number of aliphatic carboxylic acids is 1. The maximum atomic E-state index is 11.0. The molecule has 0 fully saturated rings. The molecule has 0 aliphatic heterocycles. The summed E-state index contributed by atoms with van der Waals surface area (Å²) >= 11 is 1.67. The molecule has 3 nitrogen and oxygen atoms in total. The second kappa shape index (κ2) is 7.30. The van der Waals surface area contributed by atoms with Gasteiger partial charge in [-0.15, -0.1) is 0 Å². The van der Waals surface area contributed by atoms with E-state index in [0.717, 1.165) is 11.3 Å². The number of carbonyl (C=O) groups is 1. The van der Waals surface area contributed by atoms with Crippen LogP contribution in [0, 0.1) is 0 Å². The molecule has 0 aliphatic rings. The van der Waals surface area contributed by atoms with Crippen LogP contribution in [0.5, 0.6) is 0 Å². The van der Waals surface area contributed by atoms with Crippen molar-refractivity contribution < 1.29 is 9.90 Å². The van der Waals surface area contributed by atoms with Crippen molar-refractivity contribution in [3.8, 4) is 0 Å². The molecular weight excluding hydrogens is 222 g/mol. The molecule has 0 spiro atoms. The van der Waals surface area contributed by atoms with Gasteiger partial charge in [-0.1, -0.05) is 30.3 Å². The Morgan fingerprint density at radius 1 is 1.44 bits per heavy atom. The number of carboxylic acid groups (broad SMARTS) is 1. The van der Waals surface area contributed by atoms with Gasteiger partial charge in [0.2, 0.25) is 0 Å². The van der Waals surface area contributed by atoms with Gasteiger partial charge >= 0.3 is 5.97 Å². The standard InChI is InChI=1S/C12H17NO2S/c1-16-8-7-11(12(14)15)13-9-10-5-3-2-4-6-10/h2-6,11,13H,7-9H2,1H3,(H,14,15)/t11-/m0/s1. The molecule has 0 bridgehead atoms. The van der Waals surface area contributed by atoms with Crippen molar-refractivity contribution >= 4 is 17.7 Å². The summed E-state index contributed by atoms with van der Waals surface area (Å²) in [4.78, 5) is 11.0. The minimum absolute atomic E-state index is 0.451. The van der Waals surface area contributed by atoms with E-state index in [1.54, 1.807) is 11.8 Å². The maximum absolute atomic E-state index is 11.0. The molecule has 0 saturated carbocycles. The molecule has 1 rings (SSSR count). The normalized spacial score (nSPS) is 12.3. The lowest BCUT2D eigenvalue weighted by Gasteiger charge is -2.13. The van der Waals surface area contributed by atoms with Crippen molar-refractivity contribution in [2.75, 3.05) is 12.0 Å². The van der Waals surface area contributed by atoms with E-state index in [1.165, 1.54) is 0 Å². The van der Waals surface area contributed by atoms with Crippen LogP contribution < -0.4 is 5.32 Å². The van der Waals surface area contributed by atoms with Gasteiger partial charge in [-0.3, -0.25) is 4.79 Å². The topological polar surface area (TPSA) is 49.3 Å². The molecule has 1 aromatic carbocycles. The number of benzene rings is 1. The monoisotopic (exact) mass is 239 g/mol. The van der Waals surface area contributed by atoms with E-state index in [1.807, 2.05) is 36.6 Å². The summed E-state index contributed by atoms with van der Waals surface area (Å²) in [6.07, 6.45) is 2.64. The third-order valence-corrected chi connectivity index (χ3v) is 2.95. The number of rotatable bonds is 7. The van der Waals surface area contributed by atoms with Crippen LogP contribution in [0.25, 0.3) is 0 Å². The second-order valence-corrected chi connectivity index (χ2v) is 4.52. The number of nitrogens with one attached hydrogen (secondary N) is 1. The predicted octanol–water partition coefficient (Wildman–Crippen LogP) is 1.98. The van der Waals surface area contributed by atoms with Crippen LogP contribution in [-0.2, 0) is 11.3 Å². The Morgan fingerprint density at radius 2 is 2.12 bits per heavy atom. The van der Waals surface area contributed by atoms with Crippen molar-refractivity contribution in [1.82, 2.24) is 5.32 Å². The SMILES string of the molecule is CSCC[C@H](NCc1ccccc1)C(=O)O. The minimum Gasteiger partial charge on any atom is -0.480 e. The Bertz CT molecular complexity index is 316. The molecule has 0 radical (unpaired) electrons. The van der Waals surface area contributed by atoms with Gasteiger partial charge in [-0.2, -0.15) is 11.8 Å². The summed E-state index contributed by atoms with van der Waals surface area (Å²) in [7, 11) is 0. The summed E-state index contributed by atoms with van der Waals surface area (Å²) in [5, 5.41) is 12.1.